The Balaban J connectivity index is 2.04. The number of aryl methyl sites for hydroxylation is 2. The SMILES string of the molecule is COc1cc(OC)c2ncnc(N[C@H](C)c3cn(C)nc3C)c2c1. The number of hydrogen-bond acceptors (Lipinski definition) is 6. The Bertz CT molecular complexity index is 875. The van der Waals surface area contributed by atoms with Crippen LogP contribution in [0.15, 0.2) is 24.7 Å². The molecule has 2 heterocycles. The third-order valence-electron chi connectivity index (χ3n) is 4.00. The monoisotopic (exact) mass is 327 g/mol. The molecule has 0 spiro atoms. The molecule has 7 heteroatoms. The van der Waals surface area contributed by atoms with Crippen LogP contribution in [0.3, 0.4) is 0 Å². The number of nitrogens with one attached hydrogen (secondary N) is 1. The molecule has 0 saturated carbocycles. The summed E-state index contributed by atoms with van der Waals surface area (Å²) in [6, 6.07) is 3.77. The van der Waals surface area contributed by atoms with Gasteiger partial charge in [-0.2, -0.15) is 5.10 Å². The number of nitrogens with zero attached hydrogens (tertiary/aromatic N) is 4. The topological polar surface area (TPSA) is 74.1 Å². The molecule has 0 bridgehead atoms. The minimum absolute atomic E-state index is 0.0500. The highest BCUT2D eigenvalue weighted by Gasteiger charge is 2.16. The zero-order chi connectivity index (χ0) is 17.3. The molecule has 3 aromatic rings. The fraction of sp³-hybridized carbons (Fsp3) is 0.353. The lowest BCUT2D eigenvalue weighted by molar-refractivity contribution is 0.397. The Labute approximate surface area is 140 Å². The van der Waals surface area contributed by atoms with Gasteiger partial charge in [0.05, 0.1) is 31.3 Å². The number of aromatic nitrogens is 4. The summed E-state index contributed by atoms with van der Waals surface area (Å²) in [7, 11) is 5.16. The normalized spacial score (nSPS) is 12.2. The van der Waals surface area contributed by atoms with Crippen LogP contribution in [0.1, 0.15) is 24.2 Å². The summed E-state index contributed by atoms with van der Waals surface area (Å²) in [5.74, 6) is 2.08. The largest absolute Gasteiger partial charge is 0.497 e. The molecule has 0 aliphatic rings. The van der Waals surface area contributed by atoms with Gasteiger partial charge in [-0.25, -0.2) is 9.97 Å². The molecule has 0 fully saturated rings. The van der Waals surface area contributed by atoms with Crippen LogP contribution in [0, 0.1) is 6.92 Å². The first-order chi connectivity index (χ1) is 11.5. The maximum Gasteiger partial charge on any atom is 0.148 e. The second-order valence-corrected chi connectivity index (χ2v) is 5.66. The van der Waals surface area contributed by atoms with Crippen LogP contribution in [0.5, 0.6) is 11.5 Å². The summed E-state index contributed by atoms with van der Waals surface area (Å²) in [5, 5.41) is 8.69. The summed E-state index contributed by atoms with van der Waals surface area (Å²) in [4.78, 5) is 8.74. The van der Waals surface area contributed by atoms with E-state index in [2.05, 4.69) is 27.3 Å². The zero-order valence-corrected chi connectivity index (χ0v) is 14.5. The van der Waals surface area contributed by atoms with Crippen molar-refractivity contribution in [3.63, 3.8) is 0 Å². The molecule has 0 saturated heterocycles. The average Bonchev–Trinajstić information content (AvgIpc) is 2.92. The van der Waals surface area contributed by atoms with E-state index in [1.807, 2.05) is 37.0 Å². The molecule has 1 aromatic carbocycles. The number of ether oxygens (including phenoxy) is 2. The predicted molar refractivity (Wildman–Crippen MR) is 92.6 cm³/mol. The molecule has 1 atom stereocenters. The van der Waals surface area contributed by atoms with Gasteiger partial charge in [-0.15, -0.1) is 0 Å². The first-order valence-electron chi connectivity index (χ1n) is 7.67. The van der Waals surface area contributed by atoms with Gasteiger partial charge in [-0.05, 0) is 19.9 Å². The quantitative estimate of drug-likeness (QED) is 0.777. The molecule has 0 radical (unpaired) electrons. The third kappa shape index (κ3) is 2.84. The van der Waals surface area contributed by atoms with Gasteiger partial charge in [0.1, 0.15) is 29.2 Å². The molecule has 2 aromatic heterocycles. The van der Waals surface area contributed by atoms with E-state index in [-0.39, 0.29) is 6.04 Å². The van der Waals surface area contributed by atoms with Crippen molar-refractivity contribution in [1.29, 1.82) is 0 Å². The number of benzene rings is 1. The van der Waals surface area contributed by atoms with Crippen molar-refractivity contribution in [1.82, 2.24) is 19.7 Å². The van der Waals surface area contributed by atoms with Gasteiger partial charge in [-0.1, -0.05) is 0 Å². The van der Waals surface area contributed by atoms with Crippen LogP contribution < -0.4 is 14.8 Å². The maximum atomic E-state index is 5.43. The van der Waals surface area contributed by atoms with E-state index in [1.54, 1.807) is 14.2 Å². The Morgan fingerprint density at radius 2 is 1.96 bits per heavy atom. The predicted octanol–water partition coefficient (Wildman–Crippen LogP) is 2.86. The van der Waals surface area contributed by atoms with Crippen molar-refractivity contribution in [2.24, 2.45) is 7.05 Å². The second kappa shape index (κ2) is 6.35. The number of hydrogen-bond donors (Lipinski definition) is 1. The van der Waals surface area contributed by atoms with E-state index in [4.69, 9.17) is 9.47 Å². The molecular weight excluding hydrogens is 306 g/mol. The van der Waals surface area contributed by atoms with E-state index in [0.29, 0.717) is 11.5 Å². The van der Waals surface area contributed by atoms with E-state index in [9.17, 15) is 0 Å². The summed E-state index contributed by atoms with van der Waals surface area (Å²) in [5.41, 5.74) is 2.86. The van der Waals surface area contributed by atoms with Gasteiger partial charge < -0.3 is 14.8 Å². The highest BCUT2D eigenvalue weighted by Crippen LogP contribution is 2.34. The standard InChI is InChI=1S/C17H21N5O2/c1-10(14-8-22(3)21-11(14)2)20-17-13-6-12(23-4)7-15(24-5)16(13)18-9-19-17/h6-10H,1-5H3,(H,18,19,20)/t10-/m1/s1. The van der Waals surface area contributed by atoms with E-state index in [1.165, 1.54) is 6.33 Å². The highest BCUT2D eigenvalue weighted by atomic mass is 16.5. The fourth-order valence-electron chi connectivity index (χ4n) is 2.82. The lowest BCUT2D eigenvalue weighted by atomic mass is 10.1. The number of rotatable bonds is 5. The van der Waals surface area contributed by atoms with Crippen molar-refractivity contribution >= 4 is 16.7 Å². The smallest absolute Gasteiger partial charge is 0.148 e. The molecule has 0 unspecified atom stereocenters. The maximum absolute atomic E-state index is 5.43. The van der Waals surface area contributed by atoms with Gasteiger partial charge in [0, 0.05) is 24.9 Å². The fourth-order valence-corrected chi connectivity index (χ4v) is 2.82. The van der Waals surface area contributed by atoms with Crippen molar-refractivity contribution in [3.05, 3.63) is 35.9 Å². The van der Waals surface area contributed by atoms with Crippen molar-refractivity contribution in [2.75, 3.05) is 19.5 Å². The van der Waals surface area contributed by atoms with E-state index < -0.39 is 0 Å². The molecule has 1 N–H and O–H groups in total. The minimum Gasteiger partial charge on any atom is -0.497 e. The molecule has 0 amide bonds. The van der Waals surface area contributed by atoms with Gasteiger partial charge in [0.2, 0.25) is 0 Å². The number of methoxy groups -OCH3 is 2. The van der Waals surface area contributed by atoms with Crippen LogP contribution in [0.25, 0.3) is 10.9 Å². The second-order valence-electron chi connectivity index (χ2n) is 5.66. The Kier molecular flexibility index (Phi) is 4.24. The zero-order valence-electron chi connectivity index (χ0n) is 14.5. The number of fused-ring (bicyclic) bond motifs is 1. The first-order valence-corrected chi connectivity index (χ1v) is 7.67. The van der Waals surface area contributed by atoms with Gasteiger partial charge in [0.15, 0.2) is 0 Å². The van der Waals surface area contributed by atoms with Crippen LogP contribution in [-0.2, 0) is 7.05 Å². The number of anilines is 1. The molecule has 0 aliphatic carbocycles. The average molecular weight is 327 g/mol. The van der Waals surface area contributed by atoms with Gasteiger partial charge in [0.25, 0.3) is 0 Å². The summed E-state index contributed by atoms with van der Waals surface area (Å²) in [6.07, 6.45) is 3.54. The van der Waals surface area contributed by atoms with Crippen molar-refractivity contribution in [2.45, 2.75) is 19.9 Å². The van der Waals surface area contributed by atoms with Crippen LogP contribution in [0.2, 0.25) is 0 Å². The van der Waals surface area contributed by atoms with E-state index >= 15 is 0 Å². The summed E-state index contributed by atoms with van der Waals surface area (Å²) in [6.45, 7) is 4.08. The molecule has 7 nitrogen and oxygen atoms in total. The molecule has 126 valence electrons. The summed E-state index contributed by atoms with van der Waals surface area (Å²) >= 11 is 0. The van der Waals surface area contributed by atoms with Crippen molar-refractivity contribution in [3.8, 4) is 11.5 Å². The van der Waals surface area contributed by atoms with Crippen LogP contribution in [-0.4, -0.2) is 34.0 Å². The lowest BCUT2D eigenvalue weighted by Gasteiger charge is -2.16. The first kappa shape index (κ1) is 16.0. The lowest BCUT2D eigenvalue weighted by Crippen LogP contribution is -2.09. The molecule has 3 rings (SSSR count). The Morgan fingerprint density at radius 1 is 1.17 bits per heavy atom. The van der Waals surface area contributed by atoms with Crippen molar-refractivity contribution < 1.29 is 9.47 Å². The molecular formula is C17H21N5O2. The third-order valence-corrected chi connectivity index (χ3v) is 4.00. The van der Waals surface area contributed by atoms with E-state index in [0.717, 1.165) is 28.0 Å². The highest BCUT2D eigenvalue weighted by molar-refractivity contribution is 5.94. The van der Waals surface area contributed by atoms with Gasteiger partial charge >= 0.3 is 0 Å². The van der Waals surface area contributed by atoms with Crippen LogP contribution >= 0.6 is 0 Å². The minimum atomic E-state index is 0.0500. The molecule has 24 heavy (non-hydrogen) atoms. The van der Waals surface area contributed by atoms with Crippen LogP contribution in [0.4, 0.5) is 5.82 Å². The Morgan fingerprint density at radius 3 is 2.58 bits per heavy atom. The Hall–Kier alpha value is -2.83. The molecule has 0 aliphatic heterocycles. The van der Waals surface area contributed by atoms with Gasteiger partial charge in [-0.3, -0.25) is 4.68 Å². The summed E-state index contributed by atoms with van der Waals surface area (Å²) < 4.78 is 12.6.